The topological polar surface area (TPSA) is 172 Å². The third kappa shape index (κ3) is 4.93. The lowest BCUT2D eigenvalue weighted by Gasteiger charge is -2.10. The molecule has 2 aromatic carbocycles. The van der Waals surface area contributed by atoms with E-state index >= 15 is 0 Å². The quantitative estimate of drug-likeness (QED) is 0.357. The number of aryl methyl sites for hydroxylation is 1. The Balaban J connectivity index is 1.61. The van der Waals surface area contributed by atoms with Gasteiger partial charge in [-0.3, -0.25) is 23.9 Å². The average Bonchev–Trinajstić information content (AvgIpc) is 3.41. The molecule has 0 aliphatic carbocycles. The predicted molar refractivity (Wildman–Crippen MR) is 123 cm³/mol. The van der Waals surface area contributed by atoms with Gasteiger partial charge in [0.25, 0.3) is 11.8 Å². The number of amides is 2. The second-order valence-electron chi connectivity index (χ2n) is 7.46. The van der Waals surface area contributed by atoms with E-state index in [-0.39, 0.29) is 5.82 Å². The lowest BCUT2D eigenvalue weighted by atomic mass is 10.1. The van der Waals surface area contributed by atoms with Crippen molar-refractivity contribution in [2.45, 2.75) is 6.92 Å². The minimum atomic E-state index is -0.774. The Morgan fingerprint density at radius 2 is 1.97 bits per heavy atom. The fraction of sp³-hybridized carbons (Fsp3) is 0.130. The van der Waals surface area contributed by atoms with Gasteiger partial charge in [0.2, 0.25) is 0 Å². The number of anilines is 2. The van der Waals surface area contributed by atoms with Crippen LogP contribution in [0.15, 0.2) is 51.8 Å². The van der Waals surface area contributed by atoms with Gasteiger partial charge in [0.05, 0.1) is 22.8 Å². The third-order valence-electron chi connectivity index (χ3n) is 5.06. The van der Waals surface area contributed by atoms with Crippen LogP contribution in [0.3, 0.4) is 0 Å². The van der Waals surface area contributed by atoms with E-state index in [9.17, 15) is 24.4 Å². The summed E-state index contributed by atoms with van der Waals surface area (Å²) in [6.45, 7) is 0.805. The zero-order chi connectivity index (χ0) is 25.1. The molecule has 2 heterocycles. The average molecular weight is 474 g/mol. The summed E-state index contributed by atoms with van der Waals surface area (Å²) in [6, 6.07) is 13.3. The van der Waals surface area contributed by atoms with Gasteiger partial charge in [0.1, 0.15) is 5.69 Å². The maximum absolute atomic E-state index is 13.1. The summed E-state index contributed by atoms with van der Waals surface area (Å²) in [4.78, 5) is 49.7. The second kappa shape index (κ2) is 9.36. The fourth-order valence-corrected chi connectivity index (χ4v) is 3.44. The van der Waals surface area contributed by atoms with Crippen molar-refractivity contribution in [3.63, 3.8) is 0 Å². The maximum atomic E-state index is 13.1. The second-order valence-corrected chi connectivity index (χ2v) is 7.46. The number of esters is 1. The molecule has 0 radical (unpaired) electrons. The first-order chi connectivity index (χ1) is 16.7. The minimum Gasteiger partial charge on any atom is -0.456 e. The zero-order valence-electron chi connectivity index (χ0n) is 18.5. The van der Waals surface area contributed by atoms with E-state index in [0.717, 1.165) is 5.39 Å². The molecule has 0 spiro atoms. The van der Waals surface area contributed by atoms with Gasteiger partial charge >= 0.3 is 11.7 Å². The molecule has 2 amide bonds. The van der Waals surface area contributed by atoms with Gasteiger partial charge in [0, 0.05) is 30.6 Å². The van der Waals surface area contributed by atoms with Crippen LogP contribution in [-0.2, 0) is 21.4 Å². The summed E-state index contributed by atoms with van der Waals surface area (Å²) < 4.78 is 10.9. The number of nitrogens with zero attached hydrogens (tertiary/aromatic N) is 3. The summed E-state index contributed by atoms with van der Waals surface area (Å²) in [7, 11) is 1.69. The Morgan fingerprint density at radius 3 is 2.66 bits per heavy atom. The molecular weight excluding hydrogens is 456 g/mol. The molecule has 0 atom stereocenters. The van der Waals surface area contributed by atoms with Crippen molar-refractivity contribution in [1.82, 2.24) is 14.7 Å². The highest BCUT2D eigenvalue weighted by atomic mass is 16.5. The van der Waals surface area contributed by atoms with Crippen LogP contribution in [0, 0.1) is 11.3 Å². The molecule has 176 valence electrons. The van der Waals surface area contributed by atoms with Crippen LogP contribution >= 0.6 is 0 Å². The Hall–Kier alpha value is -5.18. The third-order valence-corrected chi connectivity index (χ3v) is 5.06. The summed E-state index contributed by atoms with van der Waals surface area (Å²) in [5.41, 5.74) is 2.36. The monoisotopic (exact) mass is 474 g/mol. The van der Waals surface area contributed by atoms with E-state index in [0.29, 0.717) is 33.7 Å². The lowest BCUT2D eigenvalue weighted by molar-refractivity contribution is -0.144. The number of H-pyrrole nitrogens is 1. The van der Waals surface area contributed by atoms with Crippen molar-refractivity contribution >= 4 is 40.1 Å². The van der Waals surface area contributed by atoms with Gasteiger partial charge in [-0.2, -0.15) is 5.26 Å². The van der Waals surface area contributed by atoms with Crippen LogP contribution in [0.4, 0.5) is 11.4 Å². The number of carbonyl (C=O) groups is 3. The minimum absolute atomic E-state index is 0.0635. The van der Waals surface area contributed by atoms with Crippen LogP contribution in [-0.4, -0.2) is 39.1 Å². The molecule has 4 aromatic rings. The fourth-order valence-electron chi connectivity index (χ4n) is 3.44. The number of nitriles is 1. The van der Waals surface area contributed by atoms with Crippen molar-refractivity contribution < 1.29 is 23.6 Å². The van der Waals surface area contributed by atoms with Crippen molar-refractivity contribution in [2.75, 3.05) is 17.2 Å². The number of hydrogen-bond donors (Lipinski definition) is 3. The number of nitrogens with one attached hydrogen (secondary N) is 3. The molecule has 2 aromatic heterocycles. The van der Waals surface area contributed by atoms with E-state index in [2.05, 4.69) is 30.0 Å². The molecule has 0 fully saturated rings. The van der Waals surface area contributed by atoms with E-state index in [4.69, 9.17) is 0 Å². The number of rotatable bonds is 6. The molecule has 0 bridgehead atoms. The van der Waals surface area contributed by atoms with Crippen LogP contribution in [0.25, 0.3) is 22.3 Å². The number of hydrogen-bond acceptors (Lipinski definition) is 8. The van der Waals surface area contributed by atoms with Gasteiger partial charge in [-0.25, -0.2) is 4.79 Å². The van der Waals surface area contributed by atoms with Crippen LogP contribution in [0.1, 0.15) is 23.0 Å². The normalized spacial score (nSPS) is 10.5. The highest BCUT2D eigenvalue weighted by molar-refractivity contribution is 6.08. The molecule has 12 nitrogen and oxygen atoms in total. The van der Waals surface area contributed by atoms with E-state index in [1.165, 1.54) is 25.1 Å². The van der Waals surface area contributed by atoms with Gasteiger partial charge in [0.15, 0.2) is 12.4 Å². The Labute approximate surface area is 197 Å². The number of carbonyl (C=O) groups excluding carboxylic acids is 3. The Bertz CT molecular complexity index is 1570. The van der Waals surface area contributed by atoms with Crippen LogP contribution < -0.4 is 16.4 Å². The molecule has 0 aliphatic heterocycles. The summed E-state index contributed by atoms with van der Waals surface area (Å²) >= 11 is 0. The van der Waals surface area contributed by atoms with Gasteiger partial charge in [-0.15, -0.1) is 0 Å². The van der Waals surface area contributed by atoms with E-state index in [1.54, 1.807) is 35.9 Å². The molecule has 0 unspecified atom stereocenters. The van der Waals surface area contributed by atoms with E-state index in [1.807, 2.05) is 6.07 Å². The standard InChI is InChI=1S/C23H18N6O6/c1-12(30)34-11-20(31)25-15-5-4-14-8-19(29(2)18(14)9-15)22(32)26-17-6-3-13(10-24)7-16(17)21-27-23(33)35-28-21/h3-9H,11H2,1-2H3,(H,25,31)(H,26,32)(H,27,28,33). The first-order valence-corrected chi connectivity index (χ1v) is 10.2. The number of aromatic nitrogens is 3. The van der Waals surface area contributed by atoms with Crippen molar-refractivity contribution in [1.29, 1.82) is 5.26 Å². The first-order valence-electron chi connectivity index (χ1n) is 10.2. The summed E-state index contributed by atoms with van der Waals surface area (Å²) in [6.07, 6.45) is 0. The summed E-state index contributed by atoms with van der Waals surface area (Å²) in [5, 5.41) is 19.0. The van der Waals surface area contributed by atoms with Crippen molar-refractivity contribution in [3.8, 4) is 17.5 Å². The number of ether oxygens (including phenoxy) is 1. The molecule has 0 saturated heterocycles. The van der Waals surface area contributed by atoms with Gasteiger partial charge < -0.3 is 19.9 Å². The van der Waals surface area contributed by atoms with Gasteiger partial charge in [-0.1, -0.05) is 11.2 Å². The first kappa shape index (κ1) is 23.0. The smallest absolute Gasteiger partial charge is 0.439 e. The Morgan fingerprint density at radius 1 is 1.17 bits per heavy atom. The SMILES string of the molecule is CC(=O)OCC(=O)Nc1ccc2cc(C(=O)Nc3ccc(C#N)cc3-c3noc(=O)[nH]3)n(C)c2c1. The number of aromatic amines is 1. The highest BCUT2D eigenvalue weighted by Gasteiger charge is 2.18. The van der Waals surface area contributed by atoms with Crippen molar-refractivity contribution in [3.05, 3.63) is 64.3 Å². The number of benzene rings is 2. The number of fused-ring (bicyclic) bond motifs is 1. The summed E-state index contributed by atoms with van der Waals surface area (Å²) in [5.74, 6) is -2.22. The van der Waals surface area contributed by atoms with Crippen molar-refractivity contribution in [2.24, 2.45) is 7.05 Å². The van der Waals surface area contributed by atoms with Gasteiger partial charge in [-0.05, 0) is 36.4 Å². The lowest BCUT2D eigenvalue weighted by Crippen LogP contribution is -2.19. The molecule has 35 heavy (non-hydrogen) atoms. The molecule has 4 rings (SSSR count). The molecule has 0 saturated carbocycles. The molecular formula is C23H18N6O6. The maximum Gasteiger partial charge on any atom is 0.439 e. The molecule has 12 heteroatoms. The predicted octanol–water partition coefficient (Wildman–Crippen LogP) is 2.15. The van der Waals surface area contributed by atoms with Crippen LogP contribution in [0.5, 0.6) is 0 Å². The zero-order valence-corrected chi connectivity index (χ0v) is 18.5. The Kier molecular flexibility index (Phi) is 6.15. The highest BCUT2D eigenvalue weighted by Crippen LogP contribution is 2.28. The molecule has 3 N–H and O–H groups in total. The van der Waals surface area contributed by atoms with E-state index < -0.39 is 30.1 Å². The largest absolute Gasteiger partial charge is 0.456 e. The van der Waals surface area contributed by atoms with Crippen LogP contribution in [0.2, 0.25) is 0 Å². The molecule has 0 aliphatic rings.